The van der Waals surface area contributed by atoms with E-state index in [1.807, 2.05) is 23.1 Å². The van der Waals surface area contributed by atoms with Crippen molar-refractivity contribution < 1.29 is 4.79 Å². The minimum Gasteiger partial charge on any atom is -0.337 e. The molecule has 1 N–H and O–H groups in total. The van der Waals surface area contributed by atoms with Crippen molar-refractivity contribution in [3.05, 3.63) is 56.7 Å². The number of hydrogen-bond donors (Lipinski definition) is 1. The fourth-order valence-electron chi connectivity index (χ4n) is 3.72. The summed E-state index contributed by atoms with van der Waals surface area (Å²) in [6.45, 7) is 4.63. The molecule has 6 heteroatoms. The molecule has 1 unspecified atom stereocenters. The number of carbonyl (C=O) groups excluding carboxylic acids is 1. The van der Waals surface area contributed by atoms with Crippen LogP contribution in [0.25, 0.3) is 0 Å². The van der Waals surface area contributed by atoms with E-state index in [9.17, 15) is 4.79 Å². The maximum atomic E-state index is 12.9. The van der Waals surface area contributed by atoms with Crippen molar-refractivity contribution in [2.24, 2.45) is 0 Å². The van der Waals surface area contributed by atoms with Crippen LogP contribution in [-0.4, -0.2) is 48.4 Å². The minimum atomic E-state index is 0.146. The Labute approximate surface area is 157 Å². The van der Waals surface area contributed by atoms with Crippen LogP contribution in [0, 0.1) is 0 Å². The van der Waals surface area contributed by atoms with Crippen LogP contribution < -0.4 is 5.32 Å². The molecule has 1 saturated heterocycles. The summed E-state index contributed by atoms with van der Waals surface area (Å²) in [5, 5.41) is 6.33. The van der Waals surface area contributed by atoms with Crippen LogP contribution >= 0.6 is 22.9 Å². The highest BCUT2D eigenvalue weighted by Gasteiger charge is 2.29. The maximum absolute atomic E-state index is 12.9. The average Bonchev–Trinajstić information content (AvgIpc) is 3.10. The Morgan fingerprint density at radius 1 is 1.28 bits per heavy atom. The zero-order chi connectivity index (χ0) is 17.2. The molecule has 2 aliphatic rings. The molecule has 1 fully saturated rings. The molecule has 25 heavy (non-hydrogen) atoms. The number of halogens is 1. The lowest BCUT2D eigenvalue weighted by atomic mass is 10.0. The third-order valence-electron chi connectivity index (χ3n) is 5.12. The predicted octanol–water partition coefficient (Wildman–Crippen LogP) is 2.93. The fraction of sp³-hybridized carbons (Fsp3) is 0.421. The van der Waals surface area contributed by atoms with E-state index in [0.717, 1.165) is 49.7 Å². The number of piperazine rings is 1. The largest absolute Gasteiger partial charge is 0.337 e. The third-order valence-corrected chi connectivity index (χ3v) is 6.48. The zero-order valence-corrected chi connectivity index (χ0v) is 15.7. The number of hydrogen-bond acceptors (Lipinski definition) is 4. The van der Waals surface area contributed by atoms with Gasteiger partial charge >= 0.3 is 0 Å². The first kappa shape index (κ1) is 17.0. The van der Waals surface area contributed by atoms with Crippen molar-refractivity contribution in [3.8, 4) is 0 Å². The number of nitrogens with zero attached hydrogens (tertiary/aromatic N) is 2. The first-order valence-electron chi connectivity index (χ1n) is 8.74. The van der Waals surface area contributed by atoms with E-state index in [4.69, 9.17) is 11.6 Å². The van der Waals surface area contributed by atoms with Crippen molar-refractivity contribution in [3.63, 3.8) is 0 Å². The van der Waals surface area contributed by atoms with Gasteiger partial charge in [0.15, 0.2) is 0 Å². The summed E-state index contributed by atoms with van der Waals surface area (Å²) in [6, 6.07) is 10.2. The van der Waals surface area contributed by atoms with Gasteiger partial charge in [0, 0.05) is 48.7 Å². The maximum Gasteiger partial charge on any atom is 0.237 e. The summed E-state index contributed by atoms with van der Waals surface area (Å²) >= 11 is 8.21. The highest BCUT2D eigenvalue weighted by molar-refractivity contribution is 7.10. The van der Waals surface area contributed by atoms with Crippen LogP contribution in [0.3, 0.4) is 0 Å². The van der Waals surface area contributed by atoms with Crippen molar-refractivity contribution in [2.45, 2.75) is 19.0 Å². The third kappa shape index (κ3) is 3.60. The lowest BCUT2D eigenvalue weighted by molar-refractivity contribution is -0.134. The van der Waals surface area contributed by atoms with E-state index in [-0.39, 0.29) is 11.9 Å². The number of nitrogens with one attached hydrogen (secondary N) is 1. The molecule has 0 aliphatic carbocycles. The van der Waals surface area contributed by atoms with Gasteiger partial charge in [0.25, 0.3) is 0 Å². The van der Waals surface area contributed by atoms with Crippen LogP contribution in [0.4, 0.5) is 0 Å². The van der Waals surface area contributed by atoms with E-state index >= 15 is 0 Å². The zero-order valence-electron chi connectivity index (χ0n) is 14.1. The van der Waals surface area contributed by atoms with E-state index < -0.39 is 0 Å². The summed E-state index contributed by atoms with van der Waals surface area (Å²) in [5.74, 6) is 0.218. The first-order chi connectivity index (χ1) is 12.2. The Kier molecular flexibility index (Phi) is 5.08. The second kappa shape index (κ2) is 7.46. The molecule has 0 spiro atoms. The van der Waals surface area contributed by atoms with E-state index in [1.54, 1.807) is 11.3 Å². The molecular weight excluding hydrogens is 354 g/mol. The Morgan fingerprint density at radius 3 is 3.04 bits per heavy atom. The number of amides is 1. The summed E-state index contributed by atoms with van der Waals surface area (Å²) < 4.78 is 0. The molecule has 2 aromatic rings. The van der Waals surface area contributed by atoms with Gasteiger partial charge in [-0.15, -0.1) is 11.3 Å². The molecule has 4 rings (SSSR count). The summed E-state index contributed by atoms with van der Waals surface area (Å²) in [4.78, 5) is 18.6. The van der Waals surface area contributed by atoms with Gasteiger partial charge in [-0.1, -0.05) is 29.8 Å². The van der Waals surface area contributed by atoms with Gasteiger partial charge in [-0.2, -0.15) is 0 Å². The van der Waals surface area contributed by atoms with Crippen molar-refractivity contribution in [1.82, 2.24) is 15.1 Å². The highest BCUT2D eigenvalue weighted by Crippen LogP contribution is 2.29. The average molecular weight is 376 g/mol. The van der Waals surface area contributed by atoms with Gasteiger partial charge in [0.1, 0.15) is 0 Å². The van der Waals surface area contributed by atoms with Crippen molar-refractivity contribution >= 4 is 28.8 Å². The van der Waals surface area contributed by atoms with Crippen LogP contribution in [0.1, 0.15) is 22.0 Å². The molecule has 0 saturated carbocycles. The number of thiophene rings is 1. The Morgan fingerprint density at radius 2 is 2.16 bits per heavy atom. The Hall–Kier alpha value is -1.40. The van der Waals surface area contributed by atoms with E-state index in [2.05, 4.69) is 27.7 Å². The van der Waals surface area contributed by atoms with Gasteiger partial charge < -0.3 is 10.2 Å². The normalized spacial score (nSPS) is 21.2. The fourth-order valence-corrected chi connectivity index (χ4v) is 4.87. The molecule has 1 aromatic heterocycles. The monoisotopic (exact) mass is 375 g/mol. The molecule has 4 nitrogen and oxygen atoms in total. The van der Waals surface area contributed by atoms with Crippen molar-refractivity contribution in [1.29, 1.82) is 0 Å². The standard InChI is InChI=1S/C19H22ClN3OS/c20-16-4-2-1-3-15(16)17-11-21-7-9-22(17)13-19(24)23-8-5-18-14(12-23)6-10-25-18/h1-4,6,10,17,21H,5,7-9,11-13H2. The highest BCUT2D eigenvalue weighted by atomic mass is 35.5. The van der Waals surface area contributed by atoms with Gasteiger partial charge in [-0.05, 0) is 35.1 Å². The smallest absolute Gasteiger partial charge is 0.237 e. The topological polar surface area (TPSA) is 35.6 Å². The summed E-state index contributed by atoms with van der Waals surface area (Å²) in [6.07, 6.45) is 0.980. The molecule has 0 radical (unpaired) electrons. The van der Waals surface area contributed by atoms with Crippen LogP contribution in [0.15, 0.2) is 35.7 Å². The van der Waals surface area contributed by atoms with Gasteiger partial charge in [0.2, 0.25) is 5.91 Å². The lowest BCUT2D eigenvalue weighted by Crippen LogP contribution is -2.50. The van der Waals surface area contributed by atoms with Gasteiger partial charge in [-0.3, -0.25) is 9.69 Å². The molecule has 1 aromatic carbocycles. The van der Waals surface area contributed by atoms with Gasteiger partial charge in [0.05, 0.1) is 6.54 Å². The number of rotatable bonds is 3. The van der Waals surface area contributed by atoms with Crippen molar-refractivity contribution in [2.75, 3.05) is 32.7 Å². The molecule has 1 amide bonds. The van der Waals surface area contributed by atoms with E-state index in [0.29, 0.717) is 6.54 Å². The number of fused-ring (bicyclic) bond motifs is 1. The van der Waals surface area contributed by atoms with E-state index in [1.165, 1.54) is 10.4 Å². The van der Waals surface area contributed by atoms with Crippen LogP contribution in [-0.2, 0) is 17.8 Å². The quantitative estimate of drug-likeness (QED) is 0.895. The second-order valence-corrected chi connectivity index (χ2v) is 8.05. The number of carbonyl (C=O) groups is 1. The molecule has 132 valence electrons. The lowest BCUT2D eigenvalue weighted by Gasteiger charge is -2.38. The number of benzene rings is 1. The summed E-state index contributed by atoms with van der Waals surface area (Å²) in [5.41, 5.74) is 2.41. The molecule has 3 heterocycles. The summed E-state index contributed by atoms with van der Waals surface area (Å²) in [7, 11) is 0. The van der Waals surface area contributed by atoms with Crippen LogP contribution in [0.5, 0.6) is 0 Å². The van der Waals surface area contributed by atoms with Gasteiger partial charge in [-0.25, -0.2) is 0 Å². The Bertz CT molecular complexity index is 763. The molecule has 1 atom stereocenters. The molecule has 2 aliphatic heterocycles. The SMILES string of the molecule is O=C(CN1CCNCC1c1ccccc1Cl)N1CCc2sccc2C1. The predicted molar refractivity (Wildman–Crippen MR) is 102 cm³/mol. The second-order valence-electron chi connectivity index (χ2n) is 6.65. The minimum absolute atomic E-state index is 0.146. The molecular formula is C19H22ClN3OS. The molecule has 0 bridgehead atoms. The first-order valence-corrected chi connectivity index (χ1v) is 10.0. The van der Waals surface area contributed by atoms with Crippen LogP contribution in [0.2, 0.25) is 5.02 Å². The Balaban J connectivity index is 1.47.